The molecule has 0 unspecified atom stereocenters. The molecule has 0 saturated carbocycles. The van der Waals surface area contributed by atoms with E-state index in [1.165, 1.54) is 6.92 Å². The number of nitrogens with one attached hydrogen (secondary N) is 1. The zero-order valence-electron chi connectivity index (χ0n) is 16.7. The summed E-state index contributed by atoms with van der Waals surface area (Å²) in [5.41, 5.74) is 2.09. The molecule has 0 saturated heterocycles. The quantitative estimate of drug-likeness (QED) is 0.470. The third-order valence-electron chi connectivity index (χ3n) is 4.13. The van der Waals surface area contributed by atoms with E-state index in [-0.39, 0.29) is 37.4 Å². The minimum atomic E-state index is -0.340. The molecule has 0 fully saturated rings. The summed E-state index contributed by atoms with van der Waals surface area (Å²) in [6.07, 6.45) is 0.723. The fraction of sp³-hybridized carbons (Fsp3) is 0.550. The van der Waals surface area contributed by atoms with Crippen molar-refractivity contribution in [1.29, 1.82) is 0 Å². The van der Waals surface area contributed by atoms with Gasteiger partial charge in [-0.25, -0.2) is 0 Å². The van der Waals surface area contributed by atoms with E-state index in [2.05, 4.69) is 5.32 Å². The van der Waals surface area contributed by atoms with Crippen LogP contribution in [0.3, 0.4) is 0 Å². The van der Waals surface area contributed by atoms with Crippen LogP contribution >= 0.6 is 0 Å². The predicted molar refractivity (Wildman–Crippen MR) is 103 cm³/mol. The Labute approximate surface area is 161 Å². The smallest absolute Gasteiger partial charge is 0.307 e. The van der Waals surface area contributed by atoms with Crippen LogP contribution in [0.15, 0.2) is 18.2 Å². The van der Waals surface area contributed by atoms with E-state index >= 15 is 0 Å². The van der Waals surface area contributed by atoms with E-state index < -0.39 is 0 Å². The number of carbonyl (C=O) groups is 3. The molecule has 7 nitrogen and oxygen atoms in total. The van der Waals surface area contributed by atoms with Crippen LogP contribution in [-0.2, 0) is 19.1 Å². The average molecular weight is 378 g/mol. The van der Waals surface area contributed by atoms with Gasteiger partial charge in [0.1, 0.15) is 5.75 Å². The van der Waals surface area contributed by atoms with Gasteiger partial charge in [0.25, 0.3) is 5.91 Å². The number of benzene rings is 1. The Balaban J connectivity index is 2.62. The molecular weight excluding hydrogens is 348 g/mol. The molecule has 2 amide bonds. The molecule has 0 heterocycles. The number of esters is 1. The van der Waals surface area contributed by atoms with Gasteiger partial charge in [-0.15, -0.1) is 0 Å². The largest absolute Gasteiger partial charge is 0.483 e. The van der Waals surface area contributed by atoms with Crippen molar-refractivity contribution >= 4 is 17.8 Å². The van der Waals surface area contributed by atoms with E-state index in [0.29, 0.717) is 31.9 Å². The first-order chi connectivity index (χ1) is 12.8. The normalized spacial score (nSPS) is 10.2. The molecule has 0 aliphatic rings. The van der Waals surface area contributed by atoms with Gasteiger partial charge in [-0.1, -0.05) is 12.1 Å². The molecule has 1 rings (SSSR count). The van der Waals surface area contributed by atoms with E-state index in [0.717, 1.165) is 11.1 Å². The Bertz CT molecular complexity index is 645. The second kappa shape index (κ2) is 11.9. The molecule has 0 aliphatic carbocycles. The second-order valence-electron chi connectivity index (χ2n) is 6.26. The summed E-state index contributed by atoms with van der Waals surface area (Å²) in [7, 11) is 0. The lowest BCUT2D eigenvalue weighted by Crippen LogP contribution is -2.38. The first kappa shape index (κ1) is 22.5. The van der Waals surface area contributed by atoms with Crippen molar-refractivity contribution in [2.24, 2.45) is 0 Å². The van der Waals surface area contributed by atoms with E-state index in [1.807, 2.05) is 32.0 Å². The number of nitrogens with zero attached hydrogens (tertiary/aromatic N) is 1. The van der Waals surface area contributed by atoms with Crippen LogP contribution in [0.4, 0.5) is 0 Å². The number of hydrogen-bond donors (Lipinski definition) is 1. The third-order valence-corrected chi connectivity index (χ3v) is 4.13. The van der Waals surface area contributed by atoms with Crippen molar-refractivity contribution in [2.75, 3.05) is 32.8 Å². The van der Waals surface area contributed by atoms with E-state index in [1.54, 1.807) is 11.8 Å². The summed E-state index contributed by atoms with van der Waals surface area (Å²) in [5, 5.41) is 2.70. The summed E-state index contributed by atoms with van der Waals surface area (Å²) in [6.45, 7) is 8.48. The minimum Gasteiger partial charge on any atom is -0.483 e. The number of aryl methyl sites for hydroxylation is 1. The number of carbonyl (C=O) groups excluding carboxylic acids is 3. The monoisotopic (exact) mass is 378 g/mol. The second-order valence-corrected chi connectivity index (χ2v) is 6.26. The van der Waals surface area contributed by atoms with Crippen molar-refractivity contribution < 1.29 is 23.9 Å². The van der Waals surface area contributed by atoms with Gasteiger partial charge in [-0.3, -0.25) is 14.4 Å². The van der Waals surface area contributed by atoms with Gasteiger partial charge < -0.3 is 19.7 Å². The molecule has 7 heteroatoms. The van der Waals surface area contributed by atoms with Crippen molar-refractivity contribution in [3.63, 3.8) is 0 Å². The van der Waals surface area contributed by atoms with Crippen LogP contribution < -0.4 is 10.1 Å². The lowest BCUT2D eigenvalue weighted by atomic mass is 10.1. The lowest BCUT2D eigenvalue weighted by Gasteiger charge is -2.23. The van der Waals surface area contributed by atoms with Gasteiger partial charge in [0.05, 0.1) is 13.0 Å². The Hall–Kier alpha value is -2.57. The fourth-order valence-corrected chi connectivity index (χ4v) is 2.47. The fourth-order valence-electron chi connectivity index (χ4n) is 2.47. The number of rotatable bonds is 11. The highest BCUT2D eigenvalue weighted by Gasteiger charge is 2.16. The molecule has 1 aromatic carbocycles. The maximum atomic E-state index is 12.6. The summed E-state index contributed by atoms with van der Waals surface area (Å²) in [4.78, 5) is 36.7. The van der Waals surface area contributed by atoms with Crippen LogP contribution in [0.2, 0.25) is 0 Å². The Kier molecular flexibility index (Phi) is 9.93. The lowest BCUT2D eigenvalue weighted by molar-refractivity contribution is -0.144. The Morgan fingerprint density at radius 1 is 1.15 bits per heavy atom. The van der Waals surface area contributed by atoms with Crippen LogP contribution in [0, 0.1) is 13.8 Å². The average Bonchev–Trinajstić information content (AvgIpc) is 2.62. The molecule has 0 spiro atoms. The van der Waals surface area contributed by atoms with Crippen LogP contribution in [0.25, 0.3) is 0 Å². The summed E-state index contributed by atoms with van der Waals surface area (Å²) >= 11 is 0. The van der Waals surface area contributed by atoms with Crippen LogP contribution in [0.5, 0.6) is 5.75 Å². The van der Waals surface area contributed by atoms with Gasteiger partial charge >= 0.3 is 5.97 Å². The molecule has 1 aromatic rings. The van der Waals surface area contributed by atoms with Gasteiger partial charge in [-0.05, 0) is 44.4 Å². The van der Waals surface area contributed by atoms with Gasteiger partial charge in [0.2, 0.25) is 5.91 Å². The molecule has 150 valence electrons. The maximum absolute atomic E-state index is 12.6. The number of amides is 2. The summed E-state index contributed by atoms with van der Waals surface area (Å²) in [6, 6.07) is 5.70. The number of ether oxygens (including phenoxy) is 2. The highest BCUT2D eigenvalue weighted by molar-refractivity contribution is 5.78. The first-order valence-corrected chi connectivity index (χ1v) is 9.22. The van der Waals surface area contributed by atoms with Crippen LogP contribution in [0.1, 0.15) is 37.8 Å². The topological polar surface area (TPSA) is 84.9 Å². The molecule has 27 heavy (non-hydrogen) atoms. The first-order valence-electron chi connectivity index (χ1n) is 9.22. The van der Waals surface area contributed by atoms with Gasteiger partial charge in [-0.2, -0.15) is 0 Å². The van der Waals surface area contributed by atoms with E-state index in [9.17, 15) is 14.4 Å². The Morgan fingerprint density at radius 2 is 1.89 bits per heavy atom. The van der Waals surface area contributed by atoms with Crippen molar-refractivity contribution in [3.8, 4) is 5.75 Å². The maximum Gasteiger partial charge on any atom is 0.307 e. The highest BCUT2D eigenvalue weighted by atomic mass is 16.5. The summed E-state index contributed by atoms with van der Waals surface area (Å²) < 4.78 is 10.6. The molecule has 0 radical (unpaired) electrons. The molecule has 0 atom stereocenters. The van der Waals surface area contributed by atoms with E-state index in [4.69, 9.17) is 9.47 Å². The van der Waals surface area contributed by atoms with Crippen molar-refractivity contribution in [2.45, 2.75) is 40.5 Å². The molecule has 0 aromatic heterocycles. The van der Waals surface area contributed by atoms with Crippen molar-refractivity contribution in [3.05, 3.63) is 29.3 Å². The molecule has 1 N–H and O–H groups in total. The zero-order valence-corrected chi connectivity index (χ0v) is 16.7. The van der Waals surface area contributed by atoms with Crippen LogP contribution in [-0.4, -0.2) is 55.5 Å². The van der Waals surface area contributed by atoms with Crippen molar-refractivity contribution in [1.82, 2.24) is 10.2 Å². The van der Waals surface area contributed by atoms with Gasteiger partial charge in [0.15, 0.2) is 6.61 Å². The summed E-state index contributed by atoms with van der Waals surface area (Å²) in [5.74, 6) is 0.0141. The molecule has 0 bridgehead atoms. The molecular formula is C20H30N2O5. The molecule has 0 aliphatic heterocycles. The highest BCUT2D eigenvalue weighted by Crippen LogP contribution is 2.20. The van der Waals surface area contributed by atoms with Gasteiger partial charge in [0, 0.05) is 26.6 Å². The predicted octanol–water partition coefficient (Wildman–Crippen LogP) is 1.99. The zero-order chi connectivity index (χ0) is 20.2. The minimum absolute atomic E-state index is 0.104. The standard InChI is InChI=1S/C20H30N2O5/c1-5-26-20(25)10-13-22(12-7-11-21-17(4)23)19(24)14-27-18-9-6-8-15(2)16(18)3/h6,8-9H,5,7,10-14H2,1-4H3,(H,21,23). The number of hydrogen-bond acceptors (Lipinski definition) is 5. The Morgan fingerprint density at radius 3 is 2.56 bits per heavy atom. The SMILES string of the molecule is CCOC(=O)CCN(CCCNC(C)=O)C(=O)COc1cccc(C)c1C. The third kappa shape index (κ3) is 8.57.